The summed E-state index contributed by atoms with van der Waals surface area (Å²) in [6.07, 6.45) is 2.78. The Balaban J connectivity index is 1.86. The summed E-state index contributed by atoms with van der Waals surface area (Å²) in [6.45, 7) is 6.97. The monoisotopic (exact) mass is 398 g/mol. The molecule has 2 aliphatic rings. The highest BCUT2D eigenvalue weighted by molar-refractivity contribution is 5.96. The van der Waals surface area contributed by atoms with Gasteiger partial charge in [0, 0.05) is 33.0 Å². The highest BCUT2D eigenvalue weighted by atomic mass is 16.5. The summed E-state index contributed by atoms with van der Waals surface area (Å²) in [5.41, 5.74) is 1.95. The lowest BCUT2D eigenvalue weighted by Gasteiger charge is -2.36. The second-order valence-corrected chi connectivity index (χ2v) is 8.16. The number of benzene rings is 1. The van der Waals surface area contributed by atoms with Crippen LogP contribution in [0.25, 0.3) is 0 Å². The van der Waals surface area contributed by atoms with Gasteiger partial charge in [0.2, 0.25) is 11.8 Å². The molecule has 0 bridgehead atoms. The number of carbonyl (C=O) groups is 3. The van der Waals surface area contributed by atoms with E-state index in [0.717, 1.165) is 12.0 Å². The van der Waals surface area contributed by atoms with Gasteiger partial charge >= 0.3 is 0 Å². The number of rotatable bonds is 6. The van der Waals surface area contributed by atoms with Crippen LogP contribution in [0, 0.1) is 11.3 Å². The minimum absolute atomic E-state index is 0.0124. The average Bonchev–Trinajstić information content (AvgIpc) is 2.91. The molecule has 3 rings (SSSR count). The lowest BCUT2D eigenvalue weighted by atomic mass is 9.67. The maximum Gasteiger partial charge on any atom is 0.227 e. The van der Waals surface area contributed by atoms with Gasteiger partial charge in [0.1, 0.15) is 0 Å². The predicted molar refractivity (Wildman–Crippen MR) is 110 cm³/mol. The van der Waals surface area contributed by atoms with Crippen molar-refractivity contribution in [1.29, 1.82) is 0 Å². The van der Waals surface area contributed by atoms with Crippen LogP contribution in [0.15, 0.2) is 36.1 Å². The predicted octanol–water partition coefficient (Wildman–Crippen LogP) is 2.44. The molecule has 0 spiro atoms. The number of allylic oxidation sites excluding steroid dienone is 1. The fourth-order valence-electron chi connectivity index (χ4n) is 4.83. The third kappa shape index (κ3) is 3.93. The van der Waals surface area contributed by atoms with Gasteiger partial charge in [-0.2, -0.15) is 0 Å². The average molecular weight is 399 g/mol. The van der Waals surface area contributed by atoms with Crippen LogP contribution in [0.3, 0.4) is 0 Å². The van der Waals surface area contributed by atoms with Crippen LogP contribution in [0.4, 0.5) is 0 Å². The van der Waals surface area contributed by atoms with Gasteiger partial charge in [-0.15, -0.1) is 0 Å². The van der Waals surface area contributed by atoms with Crippen LogP contribution in [-0.2, 0) is 25.5 Å². The second kappa shape index (κ2) is 8.39. The van der Waals surface area contributed by atoms with Crippen molar-refractivity contribution in [2.45, 2.75) is 39.5 Å². The highest BCUT2D eigenvalue weighted by Gasteiger charge is 2.52. The lowest BCUT2D eigenvalue weighted by molar-refractivity contribution is -0.130. The van der Waals surface area contributed by atoms with E-state index in [9.17, 15) is 14.4 Å². The van der Waals surface area contributed by atoms with E-state index in [1.807, 2.05) is 19.1 Å². The van der Waals surface area contributed by atoms with E-state index in [1.165, 1.54) is 19.6 Å². The molecular weight excluding hydrogens is 368 g/mol. The van der Waals surface area contributed by atoms with Gasteiger partial charge in [0.25, 0.3) is 0 Å². The molecule has 156 valence electrons. The fraction of sp³-hybridized carbons (Fsp3) is 0.522. The molecule has 0 saturated carbocycles. The van der Waals surface area contributed by atoms with Crippen LogP contribution in [0.1, 0.15) is 44.2 Å². The van der Waals surface area contributed by atoms with Crippen molar-refractivity contribution in [1.82, 2.24) is 10.2 Å². The zero-order valence-corrected chi connectivity index (χ0v) is 17.7. The Hall–Kier alpha value is -2.63. The number of nitrogens with one attached hydrogen (secondary N) is 1. The zero-order valence-electron chi connectivity index (χ0n) is 17.7. The zero-order chi connectivity index (χ0) is 21.2. The standard InChI is InChI=1S/C23H30N2O4/c1-5-25(15(2)26)11-10-24-22(28)19-13-21(29-4)20(27)12-18-17-9-7-6-8-16(17)14-23(18,19)3/h6-9,13,18-19H,5,10-12,14H2,1-4H3,(H,24,28)/t18-,19-,23?/m1/s1. The smallest absolute Gasteiger partial charge is 0.227 e. The Morgan fingerprint density at radius 2 is 2.03 bits per heavy atom. The van der Waals surface area contributed by atoms with Crippen molar-refractivity contribution in [2.75, 3.05) is 26.7 Å². The van der Waals surface area contributed by atoms with Crippen LogP contribution >= 0.6 is 0 Å². The minimum atomic E-state index is -0.492. The van der Waals surface area contributed by atoms with Gasteiger partial charge in [-0.25, -0.2) is 0 Å². The van der Waals surface area contributed by atoms with Crippen molar-refractivity contribution in [3.8, 4) is 0 Å². The van der Waals surface area contributed by atoms with Gasteiger partial charge in [0.05, 0.1) is 13.0 Å². The topological polar surface area (TPSA) is 75.7 Å². The van der Waals surface area contributed by atoms with Crippen LogP contribution < -0.4 is 5.32 Å². The molecule has 29 heavy (non-hydrogen) atoms. The van der Waals surface area contributed by atoms with Crippen LogP contribution in [0.2, 0.25) is 0 Å². The van der Waals surface area contributed by atoms with Gasteiger partial charge in [-0.05, 0) is 41.9 Å². The molecule has 0 radical (unpaired) electrons. The Morgan fingerprint density at radius 3 is 2.69 bits per heavy atom. The second-order valence-electron chi connectivity index (χ2n) is 8.16. The molecule has 2 aliphatic carbocycles. The first kappa shape index (κ1) is 21.1. The van der Waals surface area contributed by atoms with E-state index in [0.29, 0.717) is 26.1 Å². The summed E-state index contributed by atoms with van der Waals surface area (Å²) in [6, 6.07) is 8.14. The van der Waals surface area contributed by atoms with Gasteiger partial charge in [-0.3, -0.25) is 14.4 Å². The van der Waals surface area contributed by atoms with E-state index >= 15 is 0 Å². The molecule has 0 aliphatic heterocycles. The molecule has 6 heteroatoms. The number of carbonyl (C=O) groups excluding carboxylic acids is 3. The number of hydrogen-bond acceptors (Lipinski definition) is 4. The molecule has 1 aromatic carbocycles. The first-order chi connectivity index (χ1) is 13.8. The lowest BCUT2D eigenvalue weighted by Crippen LogP contribution is -2.44. The summed E-state index contributed by atoms with van der Waals surface area (Å²) >= 11 is 0. The molecule has 1 N–H and O–H groups in total. The first-order valence-electron chi connectivity index (χ1n) is 10.2. The van der Waals surface area contributed by atoms with Crippen molar-refractivity contribution in [3.05, 3.63) is 47.2 Å². The van der Waals surface area contributed by atoms with E-state index in [4.69, 9.17) is 4.74 Å². The van der Waals surface area contributed by atoms with E-state index in [1.54, 1.807) is 11.0 Å². The molecule has 3 atom stereocenters. The Morgan fingerprint density at radius 1 is 1.31 bits per heavy atom. The normalized spacial score (nSPS) is 25.4. The fourth-order valence-corrected chi connectivity index (χ4v) is 4.83. The molecule has 1 aromatic rings. The summed E-state index contributed by atoms with van der Waals surface area (Å²) in [4.78, 5) is 39.3. The molecule has 0 saturated heterocycles. The SMILES string of the molecule is CCN(CCNC(=O)[C@H]1C=C(OC)C(=O)C[C@@H]2c3ccccc3CC12C)C(C)=O. The number of fused-ring (bicyclic) bond motifs is 3. The number of ether oxygens (including phenoxy) is 1. The van der Waals surface area contributed by atoms with Crippen LogP contribution in [0.5, 0.6) is 0 Å². The minimum Gasteiger partial charge on any atom is -0.493 e. The number of hydrogen-bond donors (Lipinski definition) is 1. The van der Waals surface area contributed by atoms with E-state index in [-0.39, 0.29) is 29.3 Å². The third-order valence-corrected chi connectivity index (χ3v) is 6.50. The Bertz CT molecular complexity index is 847. The van der Waals surface area contributed by atoms with Gasteiger partial charge < -0.3 is 15.0 Å². The Labute approximate surface area is 172 Å². The number of methoxy groups -OCH3 is 1. The summed E-state index contributed by atoms with van der Waals surface area (Å²) < 4.78 is 5.33. The maximum atomic E-state index is 13.2. The Kier molecular flexibility index (Phi) is 6.10. The number of Topliss-reactive ketones (excluding diaryl/α,β-unsaturated/α-hetero) is 1. The largest absolute Gasteiger partial charge is 0.493 e. The van der Waals surface area contributed by atoms with Gasteiger partial charge in [0.15, 0.2) is 11.5 Å². The maximum absolute atomic E-state index is 13.2. The van der Waals surface area contributed by atoms with Crippen LogP contribution in [-0.4, -0.2) is 49.2 Å². The first-order valence-corrected chi connectivity index (χ1v) is 10.2. The summed E-state index contributed by atoms with van der Waals surface area (Å²) in [7, 11) is 1.47. The van der Waals surface area contributed by atoms with Crippen molar-refractivity contribution < 1.29 is 19.1 Å². The molecule has 0 fully saturated rings. The summed E-state index contributed by atoms with van der Waals surface area (Å²) in [5.74, 6) is -0.471. The molecule has 2 amide bonds. The third-order valence-electron chi connectivity index (χ3n) is 6.50. The number of nitrogens with zero attached hydrogens (tertiary/aromatic N) is 1. The molecule has 1 unspecified atom stereocenters. The summed E-state index contributed by atoms with van der Waals surface area (Å²) in [5, 5.41) is 2.98. The molecule has 0 heterocycles. The van der Waals surface area contributed by atoms with Crippen molar-refractivity contribution in [2.24, 2.45) is 11.3 Å². The van der Waals surface area contributed by atoms with E-state index < -0.39 is 11.3 Å². The highest BCUT2D eigenvalue weighted by Crippen LogP contribution is 2.55. The molecule has 0 aromatic heterocycles. The number of ketones is 1. The number of amides is 2. The van der Waals surface area contributed by atoms with Crippen molar-refractivity contribution >= 4 is 17.6 Å². The molecule has 6 nitrogen and oxygen atoms in total. The number of likely N-dealkylation sites (N-methyl/N-ethyl adjacent to an activating group) is 1. The molecular formula is C23H30N2O4. The van der Waals surface area contributed by atoms with E-state index in [2.05, 4.69) is 24.4 Å². The quantitative estimate of drug-likeness (QED) is 0.799. The van der Waals surface area contributed by atoms with Crippen molar-refractivity contribution in [3.63, 3.8) is 0 Å². The van der Waals surface area contributed by atoms with Gasteiger partial charge in [-0.1, -0.05) is 31.2 Å².